The van der Waals surface area contributed by atoms with Gasteiger partial charge in [0, 0.05) is 29.6 Å². The molecule has 1 saturated carbocycles. The van der Waals surface area contributed by atoms with Crippen LogP contribution in [-0.4, -0.2) is 33.1 Å². The van der Waals surface area contributed by atoms with E-state index < -0.39 is 0 Å². The fourth-order valence-electron chi connectivity index (χ4n) is 3.41. The van der Waals surface area contributed by atoms with Crippen LogP contribution < -0.4 is 16.6 Å². The maximum Gasteiger partial charge on any atom is 0.276 e. The van der Waals surface area contributed by atoms with Crippen LogP contribution in [0, 0.1) is 12.8 Å². The first-order valence-electron chi connectivity index (χ1n) is 8.15. The maximum absolute atomic E-state index is 12.5. The van der Waals surface area contributed by atoms with E-state index in [-0.39, 0.29) is 23.9 Å². The Labute approximate surface area is 134 Å². The van der Waals surface area contributed by atoms with Crippen LogP contribution in [0.3, 0.4) is 0 Å². The first-order valence-corrected chi connectivity index (χ1v) is 8.15. The minimum absolute atomic E-state index is 0.0490. The topological polar surface area (TPSA) is 105 Å². The van der Waals surface area contributed by atoms with Crippen LogP contribution in [0.2, 0.25) is 0 Å². The first kappa shape index (κ1) is 15.7. The van der Waals surface area contributed by atoms with E-state index in [4.69, 9.17) is 5.73 Å². The molecule has 124 valence electrons. The average Bonchev–Trinajstić information content (AvgIpc) is 3.00. The Morgan fingerprint density at radius 3 is 3.04 bits per heavy atom. The molecule has 0 saturated heterocycles. The van der Waals surface area contributed by atoms with Crippen LogP contribution in [-0.2, 0) is 11.2 Å². The monoisotopic (exact) mass is 317 g/mol. The van der Waals surface area contributed by atoms with Gasteiger partial charge < -0.3 is 11.1 Å². The van der Waals surface area contributed by atoms with Gasteiger partial charge in [-0.1, -0.05) is 12.8 Å². The molecule has 2 heterocycles. The number of nitrogens with zero attached hydrogens (tertiary/aromatic N) is 2. The van der Waals surface area contributed by atoms with Gasteiger partial charge in [-0.25, -0.2) is 9.50 Å². The standard InChI is InChI=1S/C16H23N5O2/c1-10-12(16(23)21-14(19-10)6-7-18-21)8-15(22)20-13-5-3-2-4-11(13)9-17/h6-7,11,13,18H,2-5,8-9,17H2,1H3,(H,20,22). The Bertz CT molecular complexity index is 763. The zero-order valence-electron chi connectivity index (χ0n) is 13.3. The molecule has 0 spiro atoms. The molecule has 2 aromatic heterocycles. The second kappa shape index (κ2) is 6.54. The van der Waals surface area contributed by atoms with Crippen LogP contribution in [0.15, 0.2) is 17.1 Å². The van der Waals surface area contributed by atoms with Crippen molar-refractivity contribution >= 4 is 11.6 Å². The minimum Gasteiger partial charge on any atom is -0.353 e. The lowest BCUT2D eigenvalue weighted by Crippen LogP contribution is -2.45. The van der Waals surface area contributed by atoms with Crippen molar-refractivity contribution in [2.24, 2.45) is 11.7 Å². The fourth-order valence-corrected chi connectivity index (χ4v) is 3.41. The molecule has 1 fully saturated rings. The van der Waals surface area contributed by atoms with Gasteiger partial charge in [-0.3, -0.25) is 14.7 Å². The predicted octanol–water partition coefficient (Wildman–Crippen LogP) is 0.507. The highest BCUT2D eigenvalue weighted by Crippen LogP contribution is 2.23. The summed E-state index contributed by atoms with van der Waals surface area (Å²) in [6, 6.07) is 1.85. The highest BCUT2D eigenvalue weighted by atomic mass is 16.2. The van der Waals surface area contributed by atoms with Gasteiger partial charge in [-0.2, -0.15) is 0 Å². The van der Waals surface area contributed by atoms with Gasteiger partial charge in [0.1, 0.15) is 0 Å². The van der Waals surface area contributed by atoms with E-state index >= 15 is 0 Å². The quantitative estimate of drug-likeness (QED) is 0.764. The highest BCUT2D eigenvalue weighted by molar-refractivity contribution is 5.79. The lowest BCUT2D eigenvalue weighted by Gasteiger charge is -2.31. The molecule has 0 aromatic carbocycles. The lowest BCUT2D eigenvalue weighted by molar-refractivity contribution is -0.121. The number of rotatable bonds is 4. The minimum atomic E-state index is -0.216. The molecule has 0 aliphatic heterocycles. The number of hydrogen-bond acceptors (Lipinski definition) is 4. The number of hydrogen-bond donors (Lipinski definition) is 3. The van der Waals surface area contributed by atoms with E-state index in [1.807, 2.05) is 0 Å². The molecule has 4 N–H and O–H groups in total. The average molecular weight is 317 g/mol. The smallest absolute Gasteiger partial charge is 0.276 e. The Hall–Kier alpha value is -2.15. The second-order valence-corrected chi connectivity index (χ2v) is 6.27. The van der Waals surface area contributed by atoms with Crippen molar-refractivity contribution in [1.29, 1.82) is 0 Å². The molecule has 1 amide bonds. The normalized spacial score (nSPS) is 21.5. The summed E-state index contributed by atoms with van der Waals surface area (Å²) >= 11 is 0. The SMILES string of the molecule is Cc1nc2cc[nH]n2c(=O)c1CC(=O)NC1CCCCC1CN. The van der Waals surface area contributed by atoms with Crippen LogP contribution in [0.1, 0.15) is 36.9 Å². The Balaban J connectivity index is 1.76. The molecule has 2 aromatic rings. The maximum atomic E-state index is 12.5. The summed E-state index contributed by atoms with van der Waals surface area (Å²) in [6.45, 7) is 2.35. The molecule has 1 aliphatic carbocycles. The van der Waals surface area contributed by atoms with E-state index in [1.54, 1.807) is 19.2 Å². The van der Waals surface area contributed by atoms with E-state index in [1.165, 1.54) is 10.9 Å². The molecule has 1 aliphatic rings. The summed E-state index contributed by atoms with van der Waals surface area (Å²) in [4.78, 5) is 29.2. The van der Waals surface area contributed by atoms with Crippen molar-refractivity contribution in [3.63, 3.8) is 0 Å². The van der Waals surface area contributed by atoms with Gasteiger partial charge in [-0.15, -0.1) is 0 Å². The number of amides is 1. The van der Waals surface area contributed by atoms with E-state index in [2.05, 4.69) is 15.4 Å². The molecule has 0 radical (unpaired) electrons. The van der Waals surface area contributed by atoms with Gasteiger partial charge in [0.25, 0.3) is 5.56 Å². The van der Waals surface area contributed by atoms with Crippen LogP contribution in [0.5, 0.6) is 0 Å². The molecular formula is C16H23N5O2. The number of nitrogens with two attached hydrogens (primary N) is 1. The lowest BCUT2D eigenvalue weighted by atomic mass is 9.84. The van der Waals surface area contributed by atoms with Gasteiger partial charge >= 0.3 is 0 Å². The number of carbonyl (C=O) groups excluding carboxylic acids is 1. The summed E-state index contributed by atoms with van der Waals surface area (Å²) in [6.07, 6.45) is 5.99. The number of aromatic nitrogens is 3. The Kier molecular flexibility index (Phi) is 4.47. The number of nitrogens with one attached hydrogen (secondary N) is 2. The molecular weight excluding hydrogens is 294 g/mol. The second-order valence-electron chi connectivity index (χ2n) is 6.27. The number of aryl methyl sites for hydroxylation is 1. The molecule has 0 bridgehead atoms. The first-order chi connectivity index (χ1) is 11.1. The van der Waals surface area contributed by atoms with E-state index in [0.717, 1.165) is 19.3 Å². The van der Waals surface area contributed by atoms with Crippen LogP contribution >= 0.6 is 0 Å². The zero-order valence-corrected chi connectivity index (χ0v) is 13.3. The number of carbonyl (C=O) groups is 1. The number of fused-ring (bicyclic) bond motifs is 1. The summed E-state index contributed by atoms with van der Waals surface area (Å²) in [5.74, 6) is 0.197. The highest BCUT2D eigenvalue weighted by Gasteiger charge is 2.26. The van der Waals surface area contributed by atoms with Crippen molar-refractivity contribution in [3.05, 3.63) is 33.9 Å². The number of H-pyrrole nitrogens is 1. The molecule has 2 unspecified atom stereocenters. The third-order valence-corrected chi connectivity index (χ3v) is 4.74. The van der Waals surface area contributed by atoms with Crippen molar-refractivity contribution in [1.82, 2.24) is 19.9 Å². The van der Waals surface area contributed by atoms with E-state index in [0.29, 0.717) is 29.4 Å². The van der Waals surface area contributed by atoms with Crippen LogP contribution in [0.25, 0.3) is 5.65 Å². The summed E-state index contributed by atoms with van der Waals surface area (Å²) in [7, 11) is 0. The molecule has 2 atom stereocenters. The largest absolute Gasteiger partial charge is 0.353 e. The third-order valence-electron chi connectivity index (χ3n) is 4.74. The predicted molar refractivity (Wildman–Crippen MR) is 87.2 cm³/mol. The molecule has 3 rings (SSSR count). The van der Waals surface area contributed by atoms with Crippen molar-refractivity contribution < 1.29 is 4.79 Å². The summed E-state index contributed by atoms with van der Waals surface area (Å²) < 4.78 is 1.36. The summed E-state index contributed by atoms with van der Waals surface area (Å²) in [5, 5.41) is 5.88. The van der Waals surface area contributed by atoms with Crippen molar-refractivity contribution in [2.75, 3.05) is 6.54 Å². The van der Waals surface area contributed by atoms with Gasteiger partial charge in [0.2, 0.25) is 5.91 Å². The Morgan fingerprint density at radius 1 is 1.48 bits per heavy atom. The third kappa shape index (κ3) is 3.14. The van der Waals surface area contributed by atoms with Crippen LogP contribution in [0.4, 0.5) is 0 Å². The van der Waals surface area contributed by atoms with Crippen molar-refractivity contribution in [2.45, 2.75) is 45.1 Å². The summed E-state index contributed by atoms with van der Waals surface area (Å²) in [5.41, 5.74) is 7.18. The molecule has 7 heteroatoms. The van der Waals surface area contributed by atoms with E-state index in [9.17, 15) is 9.59 Å². The van der Waals surface area contributed by atoms with Crippen molar-refractivity contribution in [3.8, 4) is 0 Å². The zero-order chi connectivity index (χ0) is 16.4. The Morgan fingerprint density at radius 2 is 2.26 bits per heavy atom. The van der Waals surface area contributed by atoms with Gasteiger partial charge in [0.05, 0.1) is 6.42 Å². The molecule has 23 heavy (non-hydrogen) atoms. The fraction of sp³-hybridized carbons (Fsp3) is 0.562. The van der Waals surface area contributed by atoms with Gasteiger partial charge in [-0.05, 0) is 32.2 Å². The number of aromatic amines is 1. The van der Waals surface area contributed by atoms with Gasteiger partial charge in [0.15, 0.2) is 5.65 Å². The molecule has 7 nitrogen and oxygen atoms in total.